The van der Waals surface area contributed by atoms with Gasteiger partial charge in [-0.2, -0.15) is 0 Å². The van der Waals surface area contributed by atoms with Gasteiger partial charge >= 0.3 is 5.00 Å². The first-order valence-corrected chi connectivity index (χ1v) is 10.4. The number of benzene rings is 1. The van der Waals surface area contributed by atoms with Crippen LogP contribution in [0.2, 0.25) is 0 Å². The van der Waals surface area contributed by atoms with Crippen LogP contribution in [-0.4, -0.2) is 20.8 Å². The van der Waals surface area contributed by atoms with Gasteiger partial charge in [-0.25, -0.2) is 13.8 Å². The summed E-state index contributed by atoms with van der Waals surface area (Å²) >= 11 is 1.91. The highest BCUT2D eigenvalue weighted by molar-refractivity contribution is 7.22. The monoisotopic (exact) mass is 458 g/mol. The first kappa shape index (κ1) is 20.7. The van der Waals surface area contributed by atoms with Crippen molar-refractivity contribution in [2.24, 2.45) is 0 Å². The number of thiophene rings is 1. The van der Waals surface area contributed by atoms with Crippen LogP contribution in [0, 0.1) is 21.7 Å². The van der Waals surface area contributed by atoms with Crippen LogP contribution < -0.4 is 4.90 Å². The summed E-state index contributed by atoms with van der Waals surface area (Å²) in [5.74, 6) is -2.02. The molecule has 0 atom stereocenters. The van der Waals surface area contributed by atoms with Crippen LogP contribution in [0.25, 0.3) is 16.3 Å². The molecule has 3 aromatic heterocycles. The third-order valence-corrected chi connectivity index (χ3v) is 6.17. The van der Waals surface area contributed by atoms with E-state index in [0.29, 0.717) is 10.4 Å². The second-order valence-corrected chi connectivity index (χ2v) is 8.39. The first-order chi connectivity index (χ1) is 14.9. The van der Waals surface area contributed by atoms with Gasteiger partial charge in [0.25, 0.3) is 5.91 Å². The highest BCUT2D eigenvalue weighted by atomic mass is 32.1. The van der Waals surface area contributed by atoms with Crippen LogP contribution >= 0.6 is 22.7 Å². The number of anilines is 1. The SMILES string of the molecule is O=C(C=Cc1ccc([N+](=O)[O-])s1)N(Cc1cccnc1)c1nc2c(F)cc(F)cc2s1. The fourth-order valence-corrected chi connectivity index (χ4v) is 4.48. The molecule has 0 bridgehead atoms. The molecule has 3 heterocycles. The first-order valence-electron chi connectivity index (χ1n) is 8.79. The molecule has 11 heteroatoms. The minimum Gasteiger partial charge on any atom is -0.280 e. The van der Waals surface area contributed by atoms with E-state index < -0.39 is 22.5 Å². The number of halogens is 2. The number of carbonyl (C=O) groups excluding carboxylic acids is 1. The summed E-state index contributed by atoms with van der Waals surface area (Å²) < 4.78 is 28.0. The number of rotatable bonds is 6. The number of aromatic nitrogens is 2. The lowest BCUT2D eigenvalue weighted by Gasteiger charge is -2.18. The molecule has 0 aliphatic heterocycles. The van der Waals surface area contributed by atoms with Crippen LogP contribution in [0.15, 0.2) is 54.9 Å². The summed E-state index contributed by atoms with van der Waals surface area (Å²) in [6.45, 7) is 0.103. The van der Waals surface area contributed by atoms with Crippen molar-refractivity contribution in [2.75, 3.05) is 4.90 Å². The highest BCUT2D eigenvalue weighted by Crippen LogP contribution is 2.32. The molecule has 7 nitrogen and oxygen atoms in total. The molecule has 0 N–H and O–H groups in total. The van der Waals surface area contributed by atoms with E-state index in [4.69, 9.17) is 0 Å². The maximum atomic E-state index is 14.1. The summed E-state index contributed by atoms with van der Waals surface area (Å²) in [5, 5.41) is 11.0. The molecule has 1 aromatic carbocycles. The number of hydrogen-bond acceptors (Lipinski definition) is 7. The summed E-state index contributed by atoms with van der Waals surface area (Å²) in [4.78, 5) is 33.4. The van der Waals surface area contributed by atoms with E-state index in [1.54, 1.807) is 24.5 Å². The third-order valence-electron chi connectivity index (χ3n) is 4.15. The Morgan fingerprint density at radius 2 is 2.06 bits per heavy atom. The van der Waals surface area contributed by atoms with Crippen molar-refractivity contribution in [1.82, 2.24) is 9.97 Å². The van der Waals surface area contributed by atoms with Crippen molar-refractivity contribution < 1.29 is 18.5 Å². The van der Waals surface area contributed by atoms with Gasteiger partial charge < -0.3 is 0 Å². The molecular weight excluding hydrogens is 446 g/mol. The molecule has 156 valence electrons. The average molecular weight is 458 g/mol. The van der Waals surface area contributed by atoms with Gasteiger partial charge in [0.15, 0.2) is 10.9 Å². The summed E-state index contributed by atoms with van der Waals surface area (Å²) in [7, 11) is 0. The van der Waals surface area contributed by atoms with Crippen LogP contribution in [0.1, 0.15) is 10.4 Å². The minimum absolute atomic E-state index is 0.0248. The second kappa shape index (κ2) is 8.66. The summed E-state index contributed by atoms with van der Waals surface area (Å²) in [6, 6.07) is 8.27. The normalized spacial score (nSPS) is 11.3. The van der Waals surface area contributed by atoms with Crippen LogP contribution in [0.4, 0.5) is 18.9 Å². The van der Waals surface area contributed by atoms with Crippen molar-refractivity contribution in [3.8, 4) is 0 Å². The van der Waals surface area contributed by atoms with E-state index >= 15 is 0 Å². The molecule has 0 saturated carbocycles. The third kappa shape index (κ3) is 4.62. The maximum Gasteiger partial charge on any atom is 0.324 e. The number of nitro groups is 1. The molecular formula is C20H12F2N4O3S2. The zero-order valence-electron chi connectivity index (χ0n) is 15.6. The second-order valence-electron chi connectivity index (χ2n) is 6.28. The van der Waals surface area contributed by atoms with E-state index in [-0.39, 0.29) is 26.9 Å². The van der Waals surface area contributed by atoms with Crippen LogP contribution in [0.5, 0.6) is 0 Å². The molecule has 0 radical (unpaired) electrons. The lowest BCUT2D eigenvalue weighted by Crippen LogP contribution is -2.28. The number of fused-ring (bicyclic) bond motifs is 1. The zero-order chi connectivity index (χ0) is 22.0. The Bertz CT molecular complexity index is 1300. The largest absolute Gasteiger partial charge is 0.324 e. The zero-order valence-corrected chi connectivity index (χ0v) is 17.2. The molecule has 4 rings (SSSR count). The Hall–Kier alpha value is -3.57. The number of pyridine rings is 1. The Kier molecular flexibility index (Phi) is 5.78. The number of nitrogens with zero attached hydrogens (tertiary/aromatic N) is 4. The van der Waals surface area contributed by atoms with E-state index in [0.717, 1.165) is 34.8 Å². The van der Waals surface area contributed by atoms with E-state index in [1.165, 1.54) is 29.2 Å². The van der Waals surface area contributed by atoms with E-state index in [2.05, 4.69) is 9.97 Å². The molecule has 0 aliphatic rings. The molecule has 1 amide bonds. The van der Waals surface area contributed by atoms with Crippen molar-refractivity contribution in [3.63, 3.8) is 0 Å². The Balaban J connectivity index is 1.68. The molecule has 0 spiro atoms. The predicted octanol–water partition coefficient (Wildman–Crippen LogP) is 5.19. The van der Waals surface area contributed by atoms with Crippen molar-refractivity contribution >= 4 is 55.0 Å². The number of carbonyl (C=O) groups is 1. The lowest BCUT2D eigenvalue weighted by atomic mass is 10.2. The highest BCUT2D eigenvalue weighted by Gasteiger charge is 2.20. The topological polar surface area (TPSA) is 89.2 Å². The minimum atomic E-state index is -0.812. The van der Waals surface area contributed by atoms with Gasteiger partial charge in [0.1, 0.15) is 11.3 Å². The Labute approximate surface area is 182 Å². The van der Waals surface area contributed by atoms with Crippen LogP contribution in [-0.2, 0) is 11.3 Å². The van der Waals surface area contributed by atoms with Crippen molar-refractivity contribution in [3.05, 3.63) is 87.1 Å². The fraction of sp³-hybridized carbons (Fsp3) is 0.0500. The standard InChI is InChI=1S/C20H12F2N4O3S2/c21-13-8-15(22)19-16(9-13)31-20(24-19)25(11-12-2-1-7-23-10-12)17(27)5-3-14-4-6-18(30-14)26(28)29/h1-10H,11H2. The molecule has 31 heavy (non-hydrogen) atoms. The smallest absolute Gasteiger partial charge is 0.280 e. The van der Waals surface area contributed by atoms with Crippen molar-refractivity contribution in [1.29, 1.82) is 0 Å². The predicted molar refractivity (Wildman–Crippen MR) is 115 cm³/mol. The Morgan fingerprint density at radius 1 is 1.23 bits per heavy atom. The quantitative estimate of drug-likeness (QED) is 0.225. The van der Waals surface area contributed by atoms with E-state index in [9.17, 15) is 23.7 Å². The van der Waals surface area contributed by atoms with Crippen LogP contribution in [0.3, 0.4) is 0 Å². The van der Waals surface area contributed by atoms with Gasteiger partial charge in [-0.3, -0.25) is 24.8 Å². The molecule has 0 unspecified atom stereocenters. The van der Waals surface area contributed by atoms with Gasteiger partial charge in [-0.1, -0.05) is 28.7 Å². The molecule has 4 aromatic rings. The fourth-order valence-electron chi connectivity index (χ4n) is 2.75. The number of hydrogen-bond donors (Lipinski definition) is 0. The summed E-state index contributed by atoms with van der Waals surface area (Å²) in [6.07, 6.45) is 5.90. The molecule has 0 saturated heterocycles. The van der Waals surface area contributed by atoms with Gasteiger partial charge in [0.05, 0.1) is 16.2 Å². The maximum absolute atomic E-state index is 14.1. The molecule has 0 fully saturated rings. The lowest BCUT2D eigenvalue weighted by molar-refractivity contribution is -0.380. The van der Waals surface area contributed by atoms with E-state index in [1.807, 2.05) is 0 Å². The summed E-state index contributed by atoms with van der Waals surface area (Å²) in [5.41, 5.74) is 0.685. The number of thiazole rings is 1. The van der Waals surface area contributed by atoms with Gasteiger partial charge in [0.2, 0.25) is 0 Å². The van der Waals surface area contributed by atoms with Gasteiger partial charge in [-0.05, 0) is 29.8 Å². The average Bonchev–Trinajstić information content (AvgIpc) is 3.38. The van der Waals surface area contributed by atoms with Gasteiger partial charge in [0, 0.05) is 35.5 Å². The number of amides is 1. The van der Waals surface area contributed by atoms with Gasteiger partial charge in [-0.15, -0.1) is 0 Å². The Morgan fingerprint density at radius 3 is 2.77 bits per heavy atom. The van der Waals surface area contributed by atoms with Crippen molar-refractivity contribution in [2.45, 2.75) is 6.54 Å². The molecule has 0 aliphatic carbocycles.